The van der Waals surface area contributed by atoms with Crippen molar-refractivity contribution in [2.45, 2.75) is 31.3 Å². The summed E-state index contributed by atoms with van der Waals surface area (Å²) in [5, 5.41) is 14.7. The lowest BCUT2D eigenvalue weighted by molar-refractivity contribution is -0.139. The van der Waals surface area contributed by atoms with Gasteiger partial charge < -0.3 is 20.6 Å². The fourth-order valence-corrected chi connectivity index (χ4v) is 2.00. The molecule has 1 unspecified atom stereocenters. The van der Waals surface area contributed by atoms with Crippen LogP contribution in [0.15, 0.2) is 12.7 Å². The normalized spacial score (nSPS) is 17.8. The predicted molar refractivity (Wildman–Crippen MR) is 68.4 cm³/mol. The summed E-state index contributed by atoms with van der Waals surface area (Å²) in [4.78, 5) is 24.5. The van der Waals surface area contributed by atoms with Gasteiger partial charge in [0.2, 0.25) is 0 Å². The predicted octanol–water partition coefficient (Wildman–Crippen LogP) is 0.409. The highest BCUT2D eigenvalue weighted by Crippen LogP contribution is 2.10. The number of carbonyl (C=O) groups is 2. The number of nitrogens with one attached hydrogen (secondary N) is 2. The molecule has 0 spiro atoms. The second kappa shape index (κ2) is 7.00. The topological polar surface area (TPSA) is 81.7 Å². The summed E-state index contributed by atoms with van der Waals surface area (Å²) >= 11 is 0. The molecule has 18 heavy (non-hydrogen) atoms. The van der Waals surface area contributed by atoms with E-state index in [0.29, 0.717) is 0 Å². The van der Waals surface area contributed by atoms with Gasteiger partial charge in [-0.15, -0.1) is 6.58 Å². The van der Waals surface area contributed by atoms with Crippen molar-refractivity contribution in [3.8, 4) is 0 Å². The van der Waals surface area contributed by atoms with E-state index in [4.69, 9.17) is 5.11 Å². The number of carboxylic acids is 1. The molecule has 0 saturated carbocycles. The lowest BCUT2D eigenvalue weighted by Gasteiger charge is -2.32. The maximum absolute atomic E-state index is 11.9. The van der Waals surface area contributed by atoms with Crippen LogP contribution in [0.5, 0.6) is 0 Å². The summed E-state index contributed by atoms with van der Waals surface area (Å²) in [6, 6.07) is -1.07. The summed E-state index contributed by atoms with van der Waals surface area (Å²) in [5.74, 6) is -1.04. The molecule has 2 amide bonds. The van der Waals surface area contributed by atoms with Gasteiger partial charge in [0.15, 0.2) is 0 Å². The summed E-state index contributed by atoms with van der Waals surface area (Å²) in [6.07, 6.45) is 3.50. The largest absolute Gasteiger partial charge is 0.480 e. The molecule has 0 bridgehead atoms. The molecule has 0 aliphatic carbocycles. The van der Waals surface area contributed by atoms with Crippen molar-refractivity contribution < 1.29 is 14.7 Å². The maximum atomic E-state index is 11.9. The van der Waals surface area contributed by atoms with Gasteiger partial charge in [0.25, 0.3) is 0 Å². The molecule has 1 rings (SSSR count). The second-order valence-corrected chi connectivity index (χ2v) is 4.46. The first-order valence-electron chi connectivity index (χ1n) is 6.14. The lowest BCUT2D eigenvalue weighted by atomic mass is 10.1. The number of rotatable bonds is 5. The molecular formula is C12H21N3O3. The quantitative estimate of drug-likeness (QED) is 0.621. The van der Waals surface area contributed by atoms with E-state index in [-0.39, 0.29) is 18.5 Å². The Labute approximate surface area is 107 Å². The molecule has 102 valence electrons. The van der Waals surface area contributed by atoms with Crippen molar-refractivity contribution in [2.75, 3.05) is 20.1 Å². The van der Waals surface area contributed by atoms with Crippen molar-refractivity contribution in [1.29, 1.82) is 0 Å². The van der Waals surface area contributed by atoms with Crippen LogP contribution in [0.4, 0.5) is 4.79 Å². The molecule has 1 saturated heterocycles. The van der Waals surface area contributed by atoms with Crippen molar-refractivity contribution in [3.63, 3.8) is 0 Å². The smallest absolute Gasteiger partial charge is 0.326 e. The highest BCUT2D eigenvalue weighted by Gasteiger charge is 2.25. The Balaban J connectivity index is 2.51. The zero-order valence-corrected chi connectivity index (χ0v) is 10.7. The fraction of sp³-hybridized carbons (Fsp3) is 0.667. The number of piperidine rings is 1. The van der Waals surface area contributed by atoms with E-state index in [1.165, 1.54) is 6.08 Å². The van der Waals surface area contributed by atoms with Gasteiger partial charge in [0, 0.05) is 13.1 Å². The van der Waals surface area contributed by atoms with Crippen LogP contribution in [0.25, 0.3) is 0 Å². The number of hydrogen-bond donors (Lipinski definition) is 3. The molecule has 6 heteroatoms. The third kappa shape index (κ3) is 4.03. The Hall–Kier alpha value is -1.56. The number of urea groups is 1. The van der Waals surface area contributed by atoms with Crippen molar-refractivity contribution in [2.24, 2.45) is 0 Å². The number of carbonyl (C=O) groups excluding carboxylic acids is 1. The lowest BCUT2D eigenvalue weighted by Crippen LogP contribution is -2.51. The molecule has 1 fully saturated rings. The van der Waals surface area contributed by atoms with E-state index >= 15 is 0 Å². The van der Waals surface area contributed by atoms with Gasteiger partial charge in [-0.2, -0.15) is 0 Å². The second-order valence-electron chi connectivity index (χ2n) is 4.46. The van der Waals surface area contributed by atoms with E-state index in [1.807, 2.05) is 0 Å². The average molecular weight is 255 g/mol. The minimum atomic E-state index is -1.04. The van der Waals surface area contributed by atoms with Crippen molar-refractivity contribution >= 4 is 12.0 Å². The number of hydrogen-bond acceptors (Lipinski definition) is 3. The molecule has 6 nitrogen and oxygen atoms in total. The van der Waals surface area contributed by atoms with Crippen molar-refractivity contribution in [1.82, 2.24) is 15.5 Å². The first kappa shape index (κ1) is 14.5. The standard InChI is InChI=1S/C12H21N3O3/c1-3-4-10(11(16)17)14-12(18)15(2)9-5-7-13-8-6-9/h3,9-10,13H,1,4-8H2,2H3,(H,14,18)(H,16,17). The van der Waals surface area contributed by atoms with E-state index in [2.05, 4.69) is 17.2 Å². The molecule has 1 atom stereocenters. The number of carboxylic acid groups (broad SMARTS) is 1. The van der Waals surface area contributed by atoms with Crippen LogP contribution in [0.3, 0.4) is 0 Å². The van der Waals surface area contributed by atoms with Crippen LogP contribution < -0.4 is 10.6 Å². The van der Waals surface area contributed by atoms with Crippen LogP contribution in [-0.2, 0) is 4.79 Å². The Morgan fingerprint density at radius 2 is 2.17 bits per heavy atom. The Bertz CT molecular complexity index is 314. The van der Waals surface area contributed by atoms with Gasteiger partial charge in [0.05, 0.1) is 0 Å². The number of amides is 2. The Kier molecular flexibility index (Phi) is 5.64. The molecule has 0 aromatic rings. The first-order chi connectivity index (χ1) is 8.56. The maximum Gasteiger partial charge on any atom is 0.326 e. The van der Waals surface area contributed by atoms with E-state index in [0.717, 1.165) is 25.9 Å². The zero-order valence-electron chi connectivity index (χ0n) is 10.7. The molecule has 0 aromatic carbocycles. The van der Waals surface area contributed by atoms with E-state index < -0.39 is 12.0 Å². The Morgan fingerprint density at radius 3 is 2.67 bits per heavy atom. The minimum Gasteiger partial charge on any atom is -0.480 e. The summed E-state index contributed by atoms with van der Waals surface area (Å²) in [7, 11) is 1.71. The minimum absolute atomic E-state index is 0.171. The average Bonchev–Trinajstić information content (AvgIpc) is 2.38. The molecular weight excluding hydrogens is 234 g/mol. The first-order valence-corrected chi connectivity index (χ1v) is 6.14. The molecule has 1 heterocycles. The van der Waals surface area contributed by atoms with E-state index in [1.54, 1.807) is 11.9 Å². The van der Waals surface area contributed by atoms with Crippen LogP contribution in [0.2, 0.25) is 0 Å². The van der Waals surface area contributed by atoms with Crippen LogP contribution in [0, 0.1) is 0 Å². The van der Waals surface area contributed by atoms with Gasteiger partial charge in [-0.05, 0) is 32.4 Å². The molecule has 3 N–H and O–H groups in total. The fourth-order valence-electron chi connectivity index (χ4n) is 2.00. The van der Waals surface area contributed by atoms with Gasteiger partial charge in [0.1, 0.15) is 6.04 Å². The van der Waals surface area contributed by atoms with Gasteiger partial charge in [-0.25, -0.2) is 9.59 Å². The molecule has 0 radical (unpaired) electrons. The Morgan fingerprint density at radius 1 is 1.56 bits per heavy atom. The molecule has 0 aromatic heterocycles. The SMILES string of the molecule is C=CCC(NC(=O)N(C)C1CCNCC1)C(=O)O. The van der Waals surface area contributed by atoms with Gasteiger partial charge in [-0.3, -0.25) is 0 Å². The van der Waals surface area contributed by atoms with Gasteiger partial charge in [-0.1, -0.05) is 6.08 Å². The highest BCUT2D eigenvalue weighted by atomic mass is 16.4. The third-order valence-electron chi connectivity index (χ3n) is 3.17. The van der Waals surface area contributed by atoms with Gasteiger partial charge >= 0.3 is 12.0 Å². The van der Waals surface area contributed by atoms with Crippen LogP contribution in [0.1, 0.15) is 19.3 Å². The third-order valence-corrected chi connectivity index (χ3v) is 3.17. The van der Waals surface area contributed by atoms with E-state index in [9.17, 15) is 9.59 Å². The summed E-state index contributed by atoms with van der Waals surface area (Å²) in [6.45, 7) is 5.26. The van der Waals surface area contributed by atoms with Crippen LogP contribution >= 0.6 is 0 Å². The zero-order chi connectivity index (χ0) is 13.5. The van der Waals surface area contributed by atoms with Crippen LogP contribution in [-0.4, -0.2) is 54.2 Å². The molecule has 1 aliphatic rings. The number of aliphatic carboxylic acids is 1. The van der Waals surface area contributed by atoms with Crippen molar-refractivity contribution in [3.05, 3.63) is 12.7 Å². The number of nitrogens with zero attached hydrogens (tertiary/aromatic N) is 1. The molecule has 1 aliphatic heterocycles. The summed E-state index contributed by atoms with van der Waals surface area (Å²) in [5.41, 5.74) is 0. The summed E-state index contributed by atoms with van der Waals surface area (Å²) < 4.78 is 0. The highest BCUT2D eigenvalue weighted by molar-refractivity contribution is 5.82. The monoisotopic (exact) mass is 255 g/mol.